The first-order chi connectivity index (χ1) is 17.6. The lowest BCUT2D eigenvalue weighted by Crippen LogP contribution is -2.52. The van der Waals surface area contributed by atoms with Crippen LogP contribution in [0.3, 0.4) is 0 Å². The predicted molar refractivity (Wildman–Crippen MR) is 143 cm³/mol. The lowest BCUT2D eigenvalue weighted by molar-refractivity contribution is -0.147. The molecule has 0 radical (unpaired) electrons. The highest BCUT2D eigenvalue weighted by Gasteiger charge is 2.27. The number of carbonyl (C=O) groups excluding carboxylic acids is 4. The molecule has 3 N–H and O–H groups in total. The Kier molecular flexibility index (Phi) is 15.2. The van der Waals surface area contributed by atoms with E-state index < -0.39 is 41.7 Å². The number of alkyl carbamates (subject to hydrolysis) is 2. The van der Waals surface area contributed by atoms with Gasteiger partial charge in [0.2, 0.25) is 5.91 Å². The zero-order chi connectivity index (χ0) is 27.7. The number of rotatable bonds is 15. The van der Waals surface area contributed by atoms with Crippen molar-refractivity contribution in [3.05, 3.63) is 35.9 Å². The molecule has 1 rings (SSSR count). The number of esters is 1. The fourth-order valence-electron chi connectivity index (χ4n) is 3.15. The van der Waals surface area contributed by atoms with Crippen LogP contribution in [0.5, 0.6) is 0 Å². The van der Waals surface area contributed by atoms with Crippen LogP contribution in [0.2, 0.25) is 0 Å². The number of amides is 3. The number of nitrogens with one attached hydrogen (secondary N) is 3. The third-order valence-corrected chi connectivity index (χ3v) is 5.55. The Morgan fingerprint density at radius 2 is 1.62 bits per heavy atom. The average molecular weight is 540 g/mol. The van der Waals surface area contributed by atoms with Gasteiger partial charge in [-0.25, -0.2) is 14.4 Å². The molecule has 0 saturated heterocycles. The molecule has 0 spiro atoms. The van der Waals surface area contributed by atoms with Crippen molar-refractivity contribution in [2.75, 3.05) is 25.2 Å². The second kappa shape index (κ2) is 17.5. The van der Waals surface area contributed by atoms with E-state index in [1.54, 1.807) is 27.7 Å². The van der Waals surface area contributed by atoms with Crippen LogP contribution >= 0.6 is 11.8 Å². The van der Waals surface area contributed by atoms with Gasteiger partial charge in [-0.3, -0.25) is 4.79 Å². The number of hydrogen-bond acceptors (Lipinski definition) is 8. The van der Waals surface area contributed by atoms with Crippen LogP contribution in [0.4, 0.5) is 9.59 Å². The second-order valence-electron chi connectivity index (χ2n) is 9.28. The Balaban J connectivity index is 2.64. The fraction of sp³-hybridized carbons (Fsp3) is 0.615. The number of carbonyl (C=O) groups is 4. The highest BCUT2D eigenvalue weighted by molar-refractivity contribution is 7.98. The topological polar surface area (TPSA) is 132 Å². The van der Waals surface area contributed by atoms with Crippen LogP contribution in [-0.4, -0.2) is 66.9 Å². The van der Waals surface area contributed by atoms with Crippen LogP contribution in [0.15, 0.2) is 30.3 Å². The molecular formula is C26H41N3O7S. The van der Waals surface area contributed by atoms with Gasteiger partial charge in [0.05, 0.1) is 6.61 Å². The Morgan fingerprint density at radius 3 is 2.24 bits per heavy atom. The van der Waals surface area contributed by atoms with Gasteiger partial charge in [0.1, 0.15) is 24.3 Å². The molecule has 11 heteroatoms. The van der Waals surface area contributed by atoms with Gasteiger partial charge in [-0.15, -0.1) is 0 Å². The highest BCUT2D eigenvalue weighted by Crippen LogP contribution is 2.09. The zero-order valence-corrected chi connectivity index (χ0v) is 23.3. The summed E-state index contributed by atoms with van der Waals surface area (Å²) in [5, 5.41) is 7.99. The molecule has 0 bridgehead atoms. The second-order valence-corrected chi connectivity index (χ2v) is 10.3. The van der Waals surface area contributed by atoms with E-state index in [4.69, 9.17) is 14.2 Å². The highest BCUT2D eigenvalue weighted by atomic mass is 32.2. The normalized spacial score (nSPS) is 12.6. The molecule has 0 unspecified atom stereocenters. The standard InChI is InChI=1S/C26H41N3O7S/c1-6-34-23(31)21(14-10-11-16-27-24(32)36-26(2,3)4)28-22(30)20(15-17-37-5)29-25(33)35-18-19-12-8-7-9-13-19/h7-9,12-13,20-21H,6,10-11,14-18H2,1-5H3,(H,27,32)(H,28,30)(H,29,33)/t20-,21-/m0/s1. The molecule has 1 aromatic rings. The van der Waals surface area contributed by atoms with Crippen molar-refractivity contribution in [3.63, 3.8) is 0 Å². The van der Waals surface area contributed by atoms with Crippen LogP contribution < -0.4 is 16.0 Å². The van der Waals surface area contributed by atoms with Gasteiger partial charge in [-0.1, -0.05) is 30.3 Å². The van der Waals surface area contributed by atoms with Crippen molar-refractivity contribution in [3.8, 4) is 0 Å². The van der Waals surface area contributed by atoms with Crippen LogP contribution in [0, 0.1) is 0 Å². The largest absolute Gasteiger partial charge is 0.464 e. The van der Waals surface area contributed by atoms with Gasteiger partial charge in [-0.2, -0.15) is 11.8 Å². The quantitative estimate of drug-likeness (QED) is 0.174. The molecule has 0 fully saturated rings. The summed E-state index contributed by atoms with van der Waals surface area (Å²) < 4.78 is 15.6. The first-order valence-electron chi connectivity index (χ1n) is 12.5. The minimum absolute atomic E-state index is 0.0757. The summed E-state index contributed by atoms with van der Waals surface area (Å²) in [5.74, 6) is -0.417. The van der Waals surface area contributed by atoms with E-state index >= 15 is 0 Å². The van der Waals surface area contributed by atoms with E-state index in [1.165, 1.54) is 11.8 Å². The average Bonchev–Trinajstić information content (AvgIpc) is 2.83. The van der Waals surface area contributed by atoms with Crippen molar-refractivity contribution in [2.45, 2.75) is 77.7 Å². The van der Waals surface area contributed by atoms with Crippen molar-refractivity contribution in [2.24, 2.45) is 0 Å². The predicted octanol–water partition coefficient (Wildman–Crippen LogP) is 3.78. The summed E-state index contributed by atoms with van der Waals surface area (Å²) in [6, 6.07) is 7.46. The zero-order valence-electron chi connectivity index (χ0n) is 22.5. The molecule has 0 aliphatic heterocycles. The van der Waals surface area contributed by atoms with Crippen molar-refractivity contribution in [1.29, 1.82) is 0 Å². The minimum Gasteiger partial charge on any atom is -0.464 e. The number of unbranched alkanes of at least 4 members (excludes halogenated alkanes) is 1. The summed E-state index contributed by atoms with van der Waals surface area (Å²) >= 11 is 1.53. The van der Waals surface area contributed by atoms with Crippen molar-refractivity contribution in [1.82, 2.24) is 16.0 Å². The summed E-state index contributed by atoms with van der Waals surface area (Å²) in [5.41, 5.74) is 0.240. The van der Waals surface area contributed by atoms with Gasteiger partial charge in [0.15, 0.2) is 0 Å². The molecule has 3 amide bonds. The van der Waals surface area contributed by atoms with Gasteiger partial charge in [0, 0.05) is 6.54 Å². The van der Waals surface area contributed by atoms with E-state index in [0.29, 0.717) is 38.0 Å². The van der Waals surface area contributed by atoms with Gasteiger partial charge >= 0.3 is 18.2 Å². The first-order valence-corrected chi connectivity index (χ1v) is 13.8. The molecule has 0 aliphatic rings. The van der Waals surface area contributed by atoms with E-state index in [1.807, 2.05) is 36.6 Å². The van der Waals surface area contributed by atoms with Gasteiger partial charge in [-0.05, 0) is 71.0 Å². The summed E-state index contributed by atoms with van der Waals surface area (Å²) in [7, 11) is 0. The summed E-state index contributed by atoms with van der Waals surface area (Å²) in [6.45, 7) is 7.64. The number of thioether (sulfide) groups is 1. The van der Waals surface area contributed by atoms with Gasteiger partial charge < -0.3 is 30.2 Å². The maximum Gasteiger partial charge on any atom is 0.408 e. The van der Waals surface area contributed by atoms with E-state index in [0.717, 1.165) is 5.56 Å². The van der Waals surface area contributed by atoms with Crippen LogP contribution in [-0.2, 0) is 30.4 Å². The fourth-order valence-corrected chi connectivity index (χ4v) is 3.63. The Morgan fingerprint density at radius 1 is 0.919 bits per heavy atom. The smallest absolute Gasteiger partial charge is 0.408 e. The minimum atomic E-state index is -0.882. The molecule has 2 atom stereocenters. The molecule has 0 aliphatic carbocycles. The Labute approximate surface area is 223 Å². The Hall–Kier alpha value is -2.95. The molecule has 37 heavy (non-hydrogen) atoms. The lowest BCUT2D eigenvalue weighted by Gasteiger charge is -2.22. The molecule has 0 heterocycles. The maximum absolute atomic E-state index is 13.0. The molecule has 1 aromatic carbocycles. The SMILES string of the molecule is CCOC(=O)[C@H](CCCCNC(=O)OC(C)(C)C)NC(=O)[C@H](CCSC)NC(=O)OCc1ccccc1. The Bertz CT molecular complexity index is 846. The van der Waals surface area contributed by atoms with Gasteiger partial charge in [0.25, 0.3) is 0 Å². The summed E-state index contributed by atoms with van der Waals surface area (Å²) in [6.07, 6.45) is 2.47. The number of ether oxygens (including phenoxy) is 3. The van der Waals surface area contributed by atoms with E-state index in [2.05, 4.69) is 16.0 Å². The number of hydrogen-bond donors (Lipinski definition) is 3. The molecule has 10 nitrogen and oxygen atoms in total. The summed E-state index contributed by atoms with van der Waals surface area (Å²) in [4.78, 5) is 49.6. The first kappa shape index (κ1) is 32.1. The van der Waals surface area contributed by atoms with Crippen LogP contribution in [0.25, 0.3) is 0 Å². The molecule has 0 saturated carbocycles. The van der Waals surface area contributed by atoms with Crippen molar-refractivity contribution >= 4 is 35.8 Å². The lowest BCUT2D eigenvalue weighted by atomic mass is 10.1. The molecule has 0 aromatic heterocycles. The maximum atomic E-state index is 13.0. The monoisotopic (exact) mass is 539 g/mol. The van der Waals surface area contributed by atoms with E-state index in [9.17, 15) is 19.2 Å². The number of benzene rings is 1. The third kappa shape index (κ3) is 15.0. The van der Waals surface area contributed by atoms with Crippen LogP contribution in [0.1, 0.15) is 58.9 Å². The molecule has 208 valence electrons. The van der Waals surface area contributed by atoms with Crippen molar-refractivity contribution < 1.29 is 33.4 Å². The molecular weight excluding hydrogens is 498 g/mol. The third-order valence-electron chi connectivity index (χ3n) is 4.91. The van der Waals surface area contributed by atoms with E-state index in [-0.39, 0.29) is 13.2 Å².